The van der Waals surface area contributed by atoms with Gasteiger partial charge in [-0.25, -0.2) is 0 Å². The van der Waals surface area contributed by atoms with Crippen LogP contribution in [0.25, 0.3) is 0 Å². The molecular weight excluding hydrogens is 284 g/mol. The highest BCUT2D eigenvalue weighted by Crippen LogP contribution is 2.25. The van der Waals surface area contributed by atoms with E-state index in [4.69, 9.17) is 0 Å². The van der Waals surface area contributed by atoms with E-state index in [0.29, 0.717) is 6.04 Å². The summed E-state index contributed by atoms with van der Waals surface area (Å²) in [6.45, 7) is 10.5. The number of piperazine rings is 1. The van der Waals surface area contributed by atoms with Gasteiger partial charge in [0.05, 0.1) is 0 Å². The molecule has 1 aromatic rings. The van der Waals surface area contributed by atoms with Gasteiger partial charge in [0.15, 0.2) is 0 Å². The maximum atomic E-state index is 3.61. The van der Waals surface area contributed by atoms with Crippen molar-refractivity contribution in [1.82, 2.24) is 9.80 Å². The van der Waals surface area contributed by atoms with Crippen molar-refractivity contribution in [3.05, 3.63) is 20.8 Å². The third kappa shape index (κ3) is 2.86. The van der Waals surface area contributed by atoms with Gasteiger partial charge in [-0.1, -0.05) is 6.92 Å². The summed E-state index contributed by atoms with van der Waals surface area (Å²) < 4.78 is 1.27. The Labute approximate surface area is 110 Å². The molecule has 90 valence electrons. The summed E-state index contributed by atoms with van der Waals surface area (Å²) in [6.07, 6.45) is 0. The molecule has 1 atom stereocenters. The van der Waals surface area contributed by atoms with Crippen LogP contribution in [-0.2, 0) is 6.54 Å². The molecule has 0 bridgehead atoms. The van der Waals surface area contributed by atoms with Gasteiger partial charge in [-0.05, 0) is 40.8 Å². The Hall–Kier alpha value is 0.100. The van der Waals surface area contributed by atoms with Gasteiger partial charge < -0.3 is 0 Å². The van der Waals surface area contributed by atoms with Gasteiger partial charge in [0.1, 0.15) is 0 Å². The predicted molar refractivity (Wildman–Crippen MR) is 74.0 cm³/mol. The van der Waals surface area contributed by atoms with Gasteiger partial charge in [-0.15, -0.1) is 11.3 Å². The van der Waals surface area contributed by atoms with Crippen molar-refractivity contribution in [2.75, 3.05) is 26.2 Å². The number of hydrogen-bond donors (Lipinski definition) is 0. The molecule has 4 heteroatoms. The molecule has 0 radical (unpaired) electrons. The number of nitrogens with zero attached hydrogens (tertiary/aromatic N) is 2. The molecule has 0 N–H and O–H groups in total. The molecule has 1 unspecified atom stereocenters. The largest absolute Gasteiger partial charge is 0.298 e. The molecule has 1 aliphatic heterocycles. The lowest BCUT2D eigenvalue weighted by Crippen LogP contribution is -2.51. The van der Waals surface area contributed by atoms with Gasteiger partial charge in [-0.2, -0.15) is 0 Å². The first-order valence-corrected chi connectivity index (χ1v) is 7.56. The van der Waals surface area contributed by atoms with Crippen molar-refractivity contribution in [3.63, 3.8) is 0 Å². The van der Waals surface area contributed by atoms with Crippen molar-refractivity contribution in [2.45, 2.75) is 26.4 Å². The summed E-state index contributed by atoms with van der Waals surface area (Å²) in [5.74, 6) is 0. The molecule has 1 fully saturated rings. The first kappa shape index (κ1) is 12.6. The molecule has 0 aromatic carbocycles. The van der Waals surface area contributed by atoms with Gasteiger partial charge in [0.2, 0.25) is 0 Å². The van der Waals surface area contributed by atoms with Crippen LogP contribution in [0.1, 0.15) is 18.7 Å². The standard InChI is InChI=1S/C12H19BrN2S/c1-3-15-6-5-14(8-10(15)2)9-12-11(13)4-7-16-12/h4,7,10H,3,5-6,8-9H2,1-2H3. The molecule has 2 rings (SSSR count). The number of thiophene rings is 1. The minimum absolute atomic E-state index is 0.692. The lowest BCUT2D eigenvalue weighted by Gasteiger charge is -2.39. The van der Waals surface area contributed by atoms with Gasteiger partial charge >= 0.3 is 0 Å². The molecule has 1 aromatic heterocycles. The van der Waals surface area contributed by atoms with Crippen LogP contribution in [0.15, 0.2) is 15.9 Å². The molecular formula is C12H19BrN2S. The Morgan fingerprint density at radius 3 is 2.88 bits per heavy atom. The van der Waals surface area contributed by atoms with Crippen LogP contribution in [0, 0.1) is 0 Å². The van der Waals surface area contributed by atoms with E-state index in [1.54, 1.807) is 0 Å². The van der Waals surface area contributed by atoms with E-state index in [2.05, 4.69) is 51.0 Å². The molecule has 2 heterocycles. The van der Waals surface area contributed by atoms with E-state index in [1.807, 2.05) is 11.3 Å². The van der Waals surface area contributed by atoms with E-state index < -0.39 is 0 Å². The fourth-order valence-corrected chi connectivity index (χ4v) is 3.84. The minimum atomic E-state index is 0.692. The van der Waals surface area contributed by atoms with Crippen molar-refractivity contribution in [1.29, 1.82) is 0 Å². The lowest BCUT2D eigenvalue weighted by molar-refractivity contribution is 0.0840. The number of rotatable bonds is 3. The second kappa shape index (κ2) is 5.63. The topological polar surface area (TPSA) is 6.48 Å². The summed E-state index contributed by atoms with van der Waals surface area (Å²) in [4.78, 5) is 6.57. The van der Waals surface area contributed by atoms with Crippen LogP contribution < -0.4 is 0 Å². The van der Waals surface area contributed by atoms with Crippen molar-refractivity contribution < 1.29 is 0 Å². The normalized spacial score (nSPS) is 23.8. The van der Waals surface area contributed by atoms with Crippen LogP contribution in [-0.4, -0.2) is 42.0 Å². The quantitative estimate of drug-likeness (QED) is 0.847. The fourth-order valence-electron chi connectivity index (χ4n) is 2.33. The molecule has 1 aliphatic rings. The molecule has 0 aliphatic carbocycles. The Bertz CT molecular complexity index is 340. The van der Waals surface area contributed by atoms with E-state index in [1.165, 1.54) is 35.5 Å². The first-order chi connectivity index (χ1) is 7.70. The SMILES string of the molecule is CCN1CCN(Cc2sccc2Br)CC1C. The third-order valence-corrected chi connectivity index (χ3v) is 5.22. The smallest absolute Gasteiger partial charge is 0.0340 e. The van der Waals surface area contributed by atoms with Gasteiger partial charge in [0.25, 0.3) is 0 Å². The molecule has 0 spiro atoms. The second-order valence-electron chi connectivity index (χ2n) is 4.40. The van der Waals surface area contributed by atoms with Crippen molar-refractivity contribution in [3.8, 4) is 0 Å². The van der Waals surface area contributed by atoms with Crippen LogP contribution in [0.3, 0.4) is 0 Å². The Balaban J connectivity index is 1.91. The highest BCUT2D eigenvalue weighted by atomic mass is 79.9. The Morgan fingerprint density at radius 2 is 2.31 bits per heavy atom. The summed E-state index contributed by atoms with van der Waals surface area (Å²) >= 11 is 5.46. The van der Waals surface area contributed by atoms with Gasteiger partial charge in [-0.3, -0.25) is 9.80 Å². The monoisotopic (exact) mass is 302 g/mol. The molecule has 0 saturated carbocycles. The Kier molecular flexibility index (Phi) is 4.41. The minimum Gasteiger partial charge on any atom is -0.298 e. The van der Waals surface area contributed by atoms with Crippen LogP contribution in [0.4, 0.5) is 0 Å². The highest BCUT2D eigenvalue weighted by Gasteiger charge is 2.22. The summed E-state index contributed by atoms with van der Waals surface area (Å²) in [5, 5.41) is 2.16. The third-order valence-electron chi connectivity index (χ3n) is 3.31. The first-order valence-electron chi connectivity index (χ1n) is 5.89. The van der Waals surface area contributed by atoms with E-state index >= 15 is 0 Å². The summed E-state index contributed by atoms with van der Waals surface area (Å²) in [5.41, 5.74) is 0. The zero-order valence-corrected chi connectivity index (χ0v) is 12.4. The van der Waals surface area contributed by atoms with Crippen LogP contribution in [0.5, 0.6) is 0 Å². The average molecular weight is 303 g/mol. The number of likely N-dealkylation sites (N-methyl/N-ethyl adjacent to an activating group) is 1. The predicted octanol–water partition coefficient (Wildman–Crippen LogP) is 3.04. The molecule has 1 saturated heterocycles. The Morgan fingerprint density at radius 1 is 1.50 bits per heavy atom. The molecule has 16 heavy (non-hydrogen) atoms. The zero-order chi connectivity index (χ0) is 11.5. The fraction of sp³-hybridized carbons (Fsp3) is 0.667. The maximum Gasteiger partial charge on any atom is 0.0340 e. The molecule has 0 amide bonds. The lowest BCUT2D eigenvalue weighted by atomic mass is 10.2. The summed E-state index contributed by atoms with van der Waals surface area (Å²) in [7, 11) is 0. The van der Waals surface area contributed by atoms with Crippen molar-refractivity contribution >= 4 is 27.3 Å². The van der Waals surface area contributed by atoms with E-state index in [0.717, 1.165) is 6.54 Å². The van der Waals surface area contributed by atoms with Crippen molar-refractivity contribution in [2.24, 2.45) is 0 Å². The van der Waals surface area contributed by atoms with E-state index in [-0.39, 0.29) is 0 Å². The average Bonchev–Trinajstić information content (AvgIpc) is 2.65. The molecule has 2 nitrogen and oxygen atoms in total. The summed E-state index contributed by atoms with van der Waals surface area (Å²) in [6, 6.07) is 2.84. The van der Waals surface area contributed by atoms with E-state index in [9.17, 15) is 0 Å². The second-order valence-corrected chi connectivity index (χ2v) is 6.26. The van der Waals surface area contributed by atoms with Gasteiger partial charge in [0, 0.05) is 41.6 Å². The van der Waals surface area contributed by atoms with Crippen LogP contribution in [0.2, 0.25) is 0 Å². The number of hydrogen-bond acceptors (Lipinski definition) is 3. The maximum absolute atomic E-state index is 3.61. The van der Waals surface area contributed by atoms with Crippen LogP contribution >= 0.6 is 27.3 Å². The number of halogens is 1. The zero-order valence-electron chi connectivity index (χ0n) is 9.95. The highest BCUT2D eigenvalue weighted by molar-refractivity contribution is 9.10.